The molecule has 4 heterocycles. The molecule has 6 rings (SSSR count). The number of nitrogens with one attached hydrogen (secondary N) is 2. The number of imidazole rings is 1. The molecule has 35 heavy (non-hydrogen) atoms. The zero-order valence-corrected chi connectivity index (χ0v) is 19.5. The molecule has 1 amide bonds. The molecule has 1 atom stereocenters. The van der Waals surface area contributed by atoms with Crippen LogP contribution in [0.1, 0.15) is 32.5 Å². The minimum atomic E-state index is -0.0926. The van der Waals surface area contributed by atoms with Crippen molar-refractivity contribution in [1.82, 2.24) is 25.3 Å². The summed E-state index contributed by atoms with van der Waals surface area (Å²) in [5, 5.41) is 4.99. The van der Waals surface area contributed by atoms with Gasteiger partial charge in [0.1, 0.15) is 11.6 Å². The first-order chi connectivity index (χ1) is 17.1. The van der Waals surface area contributed by atoms with Crippen LogP contribution in [0.25, 0.3) is 22.3 Å². The van der Waals surface area contributed by atoms with Crippen LogP contribution in [0.15, 0.2) is 66.2 Å². The molecule has 0 saturated heterocycles. The predicted molar refractivity (Wildman–Crippen MR) is 135 cm³/mol. The Morgan fingerprint density at radius 2 is 2.11 bits per heavy atom. The average Bonchev–Trinajstić information content (AvgIpc) is 3.56. The maximum atomic E-state index is 12.7. The van der Waals surface area contributed by atoms with E-state index in [2.05, 4.69) is 20.3 Å². The van der Waals surface area contributed by atoms with Crippen molar-refractivity contribution in [3.63, 3.8) is 0 Å². The molecule has 4 N–H and O–H groups in total. The number of thiophene rings is 1. The molecule has 9 heteroatoms. The molecule has 2 aromatic carbocycles. The fourth-order valence-corrected chi connectivity index (χ4v) is 4.96. The van der Waals surface area contributed by atoms with Crippen LogP contribution in [-0.2, 0) is 13.0 Å². The summed E-state index contributed by atoms with van der Waals surface area (Å²) in [6.07, 6.45) is 2.38. The molecule has 1 aliphatic rings. The lowest BCUT2D eigenvalue weighted by Crippen LogP contribution is -2.24. The normalized spacial score (nSPS) is 14.9. The number of nitrogen functional groups attached to an aromatic ring is 1. The van der Waals surface area contributed by atoms with Crippen LogP contribution in [0.4, 0.5) is 5.95 Å². The summed E-state index contributed by atoms with van der Waals surface area (Å²) in [6.45, 7) is 1.04. The van der Waals surface area contributed by atoms with Crippen molar-refractivity contribution < 1.29 is 9.53 Å². The van der Waals surface area contributed by atoms with Gasteiger partial charge in [0.15, 0.2) is 0 Å². The van der Waals surface area contributed by atoms with Crippen LogP contribution >= 0.6 is 11.3 Å². The number of rotatable bonds is 5. The minimum Gasteiger partial charge on any atom is -0.493 e. The predicted octanol–water partition coefficient (Wildman–Crippen LogP) is 4.31. The number of anilines is 1. The Hall–Kier alpha value is -4.24. The van der Waals surface area contributed by atoms with Crippen molar-refractivity contribution in [2.24, 2.45) is 0 Å². The second kappa shape index (κ2) is 8.84. The summed E-state index contributed by atoms with van der Waals surface area (Å²) in [5.41, 5.74) is 10.9. The van der Waals surface area contributed by atoms with Crippen LogP contribution in [0.2, 0.25) is 0 Å². The zero-order chi connectivity index (χ0) is 23.8. The van der Waals surface area contributed by atoms with E-state index in [9.17, 15) is 4.79 Å². The van der Waals surface area contributed by atoms with Gasteiger partial charge in [-0.2, -0.15) is 0 Å². The third kappa shape index (κ3) is 4.33. The molecular weight excluding hydrogens is 460 g/mol. The van der Waals surface area contributed by atoms with Crippen molar-refractivity contribution in [2.75, 3.05) is 12.3 Å². The Bertz CT molecular complexity index is 1530. The van der Waals surface area contributed by atoms with E-state index in [1.807, 2.05) is 60.0 Å². The number of nitrogens with two attached hydrogens (primary N) is 1. The van der Waals surface area contributed by atoms with E-state index in [0.717, 1.165) is 50.7 Å². The van der Waals surface area contributed by atoms with E-state index in [1.54, 1.807) is 17.5 Å². The molecule has 3 aromatic heterocycles. The number of fused-ring (bicyclic) bond motifs is 2. The van der Waals surface area contributed by atoms with Gasteiger partial charge in [0.05, 0.1) is 35.8 Å². The van der Waals surface area contributed by atoms with E-state index in [0.29, 0.717) is 18.7 Å². The number of aromatic amines is 1. The number of H-pyrrole nitrogens is 1. The number of benzene rings is 2. The van der Waals surface area contributed by atoms with Gasteiger partial charge >= 0.3 is 0 Å². The fourth-order valence-electron chi connectivity index (χ4n) is 4.31. The molecular formula is C26H22N6O2S. The van der Waals surface area contributed by atoms with Gasteiger partial charge in [0, 0.05) is 22.2 Å². The Morgan fingerprint density at radius 3 is 2.97 bits per heavy atom. The maximum Gasteiger partial charge on any atom is 0.251 e. The molecule has 0 spiro atoms. The first-order valence-corrected chi connectivity index (χ1v) is 12.2. The summed E-state index contributed by atoms with van der Waals surface area (Å²) in [6, 6.07) is 17.4. The summed E-state index contributed by atoms with van der Waals surface area (Å²) in [5.74, 6) is 1.88. The fraction of sp³-hybridized carbons (Fsp3) is 0.154. The largest absolute Gasteiger partial charge is 0.493 e. The third-order valence-electron chi connectivity index (χ3n) is 6.09. The number of carbonyl (C=O) groups is 1. The smallest absolute Gasteiger partial charge is 0.251 e. The van der Waals surface area contributed by atoms with Gasteiger partial charge < -0.3 is 20.8 Å². The Labute approximate surface area is 205 Å². The van der Waals surface area contributed by atoms with Crippen LogP contribution in [-0.4, -0.2) is 32.4 Å². The van der Waals surface area contributed by atoms with E-state index >= 15 is 0 Å². The lowest BCUT2D eigenvalue weighted by atomic mass is 9.94. The van der Waals surface area contributed by atoms with Crippen molar-refractivity contribution in [3.05, 3.63) is 88.0 Å². The quantitative estimate of drug-likeness (QED) is 0.343. The van der Waals surface area contributed by atoms with Gasteiger partial charge in [-0.1, -0.05) is 12.1 Å². The molecule has 0 fully saturated rings. The van der Waals surface area contributed by atoms with Crippen molar-refractivity contribution >= 4 is 34.2 Å². The first kappa shape index (κ1) is 21.3. The highest BCUT2D eigenvalue weighted by molar-refractivity contribution is 7.09. The number of aromatic nitrogens is 4. The Morgan fingerprint density at radius 1 is 1.17 bits per heavy atom. The van der Waals surface area contributed by atoms with Crippen LogP contribution in [0.3, 0.4) is 0 Å². The number of amides is 1. The SMILES string of the molecule is Nc1nccc(-c2ccc3nc(C4COc5ccc(C(=O)NCc6cccs6)cc5C4)[nH]c3c2)n1. The van der Waals surface area contributed by atoms with E-state index in [4.69, 9.17) is 15.5 Å². The second-order valence-corrected chi connectivity index (χ2v) is 9.48. The lowest BCUT2D eigenvalue weighted by Gasteiger charge is -2.24. The molecule has 1 unspecified atom stereocenters. The molecule has 8 nitrogen and oxygen atoms in total. The third-order valence-corrected chi connectivity index (χ3v) is 6.97. The summed E-state index contributed by atoms with van der Waals surface area (Å²) in [4.78, 5) is 30.3. The molecule has 0 radical (unpaired) electrons. The first-order valence-electron chi connectivity index (χ1n) is 11.3. The van der Waals surface area contributed by atoms with E-state index in [-0.39, 0.29) is 17.8 Å². The number of nitrogens with zero attached hydrogens (tertiary/aromatic N) is 3. The van der Waals surface area contributed by atoms with Gasteiger partial charge in [-0.15, -0.1) is 11.3 Å². The van der Waals surface area contributed by atoms with Gasteiger partial charge in [-0.3, -0.25) is 4.79 Å². The van der Waals surface area contributed by atoms with Gasteiger partial charge in [-0.05, 0) is 59.8 Å². The standard InChI is InChI=1S/C26H22N6O2S/c27-26-28-8-7-20(32-26)15-3-5-21-22(12-15)31-24(30-21)18-11-17-10-16(4-6-23(17)34-14-18)25(33)29-13-19-2-1-9-35-19/h1-10,12,18H,11,13-14H2,(H,29,33)(H,30,31)(H2,27,28,32). The molecule has 0 saturated carbocycles. The van der Waals surface area contributed by atoms with Crippen molar-refractivity contribution in [3.8, 4) is 17.0 Å². The van der Waals surface area contributed by atoms with Gasteiger partial charge in [0.2, 0.25) is 5.95 Å². The van der Waals surface area contributed by atoms with Gasteiger partial charge in [0.25, 0.3) is 5.91 Å². The van der Waals surface area contributed by atoms with E-state index in [1.165, 1.54) is 0 Å². The maximum absolute atomic E-state index is 12.7. The monoisotopic (exact) mass is 482 g/mol. The minimum absolute atomic E-state index is 0.0532. The molecule has 0 bridgehead atoms. The number of hydrogen-bond acceptors (Lipinski definition) is 7. The topological polar surface area (TPSA) is 119 Å². The lowest BCUT2D eigenvalue weighted by molar-refractivity contribution is 0.0951. The summed E-state index contributed by atoms with van der Waals surface area (Å²) < 4.78 is 6.03. The highest BCUT2D eigenvalue weighted by Gasteiger charge is 2.25. The Kier molecular flexibility index (Phi) is 5.38. The number of hydrogen-bond donors (Lipinski definition) is 3. The summed E-state index contributed by atoms with van der Waals surface area (Å²) in [7, 11) is 0. The second-order valence-electron chi connectivity index (χ2n) is 8.45. The number of ether oxygens (including phenoxy) is 1. The average molecular weight is 483 g/mol. The summed E-state index contributed by atoms with van der Waals surface area (Å²) >= 11 is 1.63. The highest BCUT2D eigenvalue weighted by atomic mass is 32.1. The highest BCUT2D eigenvalue weighted by Crippen LogP contribution is 2.33. The zero-order valence-electron chi connectivity index (χ0n) is 18.7. The molecule has 0 aliphatic carbocycles. The number of carbonyl (C=O) groups excluding carboxylic acids is 1. The van der Waals surface area contributed by atoms with Crippen LogP contribution < -0.4 is 15.8 Å². The molecule has 1 aliphatic heterocycles. The molecule has 174 valence electrons. The van der Waals surface area contributed by atoms with Crippen molar-refractivity contribution in [1.29, 1.82) is 0 Å². The Balaban J connectivity index is 1.21. The van der Waals surface area contributed by atoms with Gasteiger partial charge in [-0.25, -0.2) is 15.0 Å². The van der Waals surface area contributed by atoms with Crippen molar-refractivity contribution in [2.45, 2.75) is 18.9 Å². The molecule has 5 aromatic rings. The van der Waals surface area contributed by atoms with Crippen LogP contribution in [0, 0.1) is 0 Å². The van der Waals surface area contributed by atoms with E-state index < -0.39 is 0 Å². The van der Waals surface area contributed by atoms with Crippen LogP contribution in [0.5, 0.6) is 5.75 Å².